The maximum absolute atomic E-state index is 11.2. The molecule has 0 bridgehead atoms. The standard InChI is InChI=1S/C9H13N5O4/c1-3-18-9(15)13-6-4-5(11-2)7(14(16)17)8(10)12-6/h4H,3H2,1-2H3,(H4,10,11,12,13,15). The highest BCUT2D eigenvalue weighted by molar-refractivity contribution is 5.86. The molecule has 0 aliphatic rings. The van der Waals surface area contributed by atoms with Crippen LogP contribution < -0.4 is 16.4 Å². The van der Waals surface area contributed by atoms with Crippen molar-refractivity contribution in [2.45, 2.75) is 6.92 Å². The van der Waals surface area contributed by atoms with Crippen molar-refractivity contribution in [3.05, 3.63) is 16.2 Å². The Labute approximate surface area is 102 Å². The van der Waals surface area contributed by atoms with E-state index in [9.17, 15) is 14.9 Å². The van der Waals surface area contributed by atoms with Crippen molar-refractivity contribution in [3.8, 4) is 0 Å². The first-order chi connectivity index (χ1) is 8.49. The van der Waals surface area contributed by atoms with Crippen LogP contribution in [-0.2, 0) is 4.74 Å². The number of nitrogens with zero attached hydrogens (tertiary/aromatic N) is 2. The molecule has 1 aromatic rings. The number of pyridine rings is 1. The van der Waals surface area contributed by atoms with Crippen LogP contribution in [0.2, 0.25) is 0 Å². The number of aromatic nitrogens is 1. The summed E-state index contributed by atoms with van der Waals surface area (Å²) in [5.41, 5.74) is 5.27. The maximum atomic E-state index is 11.2. The number of nitro groups is 1. The average Bonchev–Trinajstić information content (AvgIpc) is 2.27. The monoisotopic (exact) mass is 255 g/mol. The van der Waals surface area contributed by atoms with Gasteiger partial charge in [-0.3, -0.25) is 15.4 Å². The van der Waals surface area contributed by atoms with Crippen molar-refractivity contribution in [3.63, 3.8) is 0 Å². The molecule has 18 heavy (non-hydrogen) atoms. The third-order valence-electron chi connectivity index (χ3n) is 1.98. The van der Waals surface area contributed by atoms with Crippen LogP contribution in [0.3, 0.4) is 0 Å². The zero-order chi connectivity index (χ0) is 13.7. The maximum Gasteiger partial charge on any atom is 0.412 e. The third kappa shape index (κ3) is 2.97. The van der Waals surface area contributed by atoms with Crippen LogP contribution in [0.25, 0.3) is 0 Å². The molecule has 0 saturated carbocycles. The highest BCUT2D eigenvalue weighted by Gasteiger charge is 2.21. The summed E-state index contributed by atoms with van der Waals surface area (Å²) in [5.74, 6) is -0.223. The number of anilines is 3. The Balaban J connectivity index is 3.07. The van der Waals surface area contributed by atoms with Crippen molar-refractivity contribution >= 4 is 29.1 Å². The van der Waals surface area contributed by atoms with E-state index in [2.05, 4.69) is 20.4 Å². The Hall–Kier alpha value is -2.58. The molecule has 0 unspecified atom stereocenters. The SMILES string of the molecule is CCOC(=O)Nc1cc(NC)c([N+](=O)[O-])c(N)n1. The Morgan fingerprint density at radius 2 is 2.33 bits per heavy atom. The Morgan fingerprint density at radius 1 is 1.67 bits per heavy atom. The second kappa shape index (κ2) is 5.66. The zero-order valence-electron chi connectivity index (χ0n) is 9.89. The summed E-state index contributed by atoms with van der Waals surface area (Å²) in [6, 6.07) is 1.30. The zero-order valence-corrected chi connectivity index (χ0v) is 9.89. The van der Waals surface area contributed by atoms with E-state index in [1.54, 1.807) is 6.92 Å². The van der Waals surface area contributed by atoms with Crippen molar-refractivity contribution in [1.82, 2.24) is 4.98 Å². The molecule has 0 aliphatic carbocycles. The predicted molar refractivity (Wildman–Crippen MR) is 65.5 cm³/mol. The summed E-state index contributed by atoms with van der Waals surface area (Å²) in [6.45, 7) is 1.85. The smallest absolute Gasteiger partial charge is 0.412 e. The van der Waals surface area contributed by atoms with Gasteiger partial charge in [0.05, 0.1) is 11.5 Å². The van der Waals surface area contributed by atoms with E-state index >= 15 is 0 Å². The van der Waals surface area contributed by atoms with E-state index in [4.69, 9.17) is 5.73 Å². The lowest BCUT2D eigenvalue weighted by atomic mass is 10.3. The fourth-order valence-electron chi connectivity index (χ4n) is 1.28. The second-order valence-electron chi connectivity index (χ2n) is 3.14. The van der Waals surface area contributed by atoms with Gasteiger partial charge in [-0.25, -0.2) is 9.78 Å². The highest BCUT2D eigenvalue weighted by Crippen LogP contribution is 2.31. The van der Waals surface area contributed by atoms with Gasteiger partial charge in [0.15, 0.2) is 0 Å². The number of carbonyl (C=O) groups excluding carboxylic acids is 1. The molecule has 0 aliphatic heterocycles. The molecule has 0 atom stereocenters. The number of ether oxygens (including phenoxy) is 1. The molecule has 4 N–H and O–H groups in total. The van der Waals surface area contributed by atoms with Gasteiger partial charge >= 0.3 is 11.8 Å². The molecule has 0 saturated heterocycles. The van der Waals surface area contributed by atoms with Crippen LogP contribution in [0.4, 0.5) is 27.8 Å². The Kier molecular flexibility index (Phi) is 4.24. The fraction of sp³-hybridized carbons (Fsp3) is 0.333. The number of carbonyl (C=O) groups is 1. The van der Waals surface area contributed by atoms with Gasteiger partial charge in [0.25, 0.3) is 0 Å². The molecule has 9 nitrogen and oxygen atoms in total. The van der Waals surface area contributed by atoms with Crippen LogP contribution in [-0.4, -0.2) is 29.7 Å². The van der Waals surface area contributed by atoms with Gasteiger partial charge < -0.3 is 15.8 Å². The summed E-state index contributed by atoms with van der Waals surface area (Å²) in [4.78, 5) is 25.0. The number of amides is 1. The molecule has 0 spiro atoms. The Bertz CT molecular complexity index is 476. The van der Waals surface area contributed by atoms with Gasteiger partial charge in [0, 0.05) is 13.1 Å². The second-order valence-corrected chi connectivity index (χ2v) is 3.14. The van der Waals surface area contributed by atoms with Crippen molar-refractivity contribution < 1.29 is 14.5 Å². The number of hydrogen-bond donors (Lipinski definition) is 3. The van der Waals surface area contributed by atoms with Gasteiger partial charge in [-0.2, -0.15) is 0 Å². The topological polar surface area (TPSA) is 132 Å². The first-order valence-corrected chi connectivity index (χ1v) is 5.06. The number of nitrogens with one attached hydrogen (secondary N) is 2. The number of nitrogens with two attached hydrogens (primary N) is 1. The van der Waals surface area contributed by atoms with E-state index < -0.39 is 11.0 Å². The third-order valence-corrected chi connectivity index (χ3v) is 1.98. The van der Waals surface area contributed by atoms with E-state index in [-0.39, 0.29) is 29.6 Å². The first kappa shape index (κ1) is 13.5. The summed E-state index contributed by atoms with van der Waals surface area (Å²) in [7, 11) is 1.50. The van der Waals surface area contributed by atoms with E-state index in [0.717, 1.165) is 0 Å². The molecule has 98 valence electrons. The minimum Gasteiger partial charge on any atom is -0.450 e. The first-order valence-electron chi connectivity index (χ1n) is 5.06. The highest BCUT2D eigenvalue weighted by atomic mass is 16.6. The van der Waals surface area contributed by atoms with Gasteiger partial charge in [-0.15, -0.1) is 0 Å². The van der Waals surface area contributed by atoms with Gasteiger partial charge in [0.2, 0.25) is 5.82 Å². The number of hydrogen-bond acceptors (Lipinski definition) is 7. The lowest BCUT2D eigenvalue weighted by Gasteiger charge is -2.08. The van der Waals surface area contributed by atoms with Gasteiger partial charge in [-0.1, -0.05) is 0 Å². The number of rotatable bonds is 4. The lowest BCUT2D eigenvalue weighted by molar-refractivity contribution is -0.383. The molecule has 1 amide bonds. The molecule has 0 aromatic carbocycles. The fourth-order valence-corrected chi connectivity index (χ4v) is 1.28. The quantitative estimate of drug-likeness (QED) is 0.543. The molecule has 0 fully saturated rings. The van der Waals surface area contributed by atoms with Crippen LogP contribution in [0, 0.1) is 10.1 Å². The molecular formula is C9H13N5O4. The van der Waals surface area contributed by atoms with Crippen LogP contribution in [0.5, 0.6) is 0 Å². The molecule has 9 heteroatoms. The predicted octanol–water partition coefficient (Wildman–Crippen LogP) is 1.18. The summed E-state index contributed by atoms with van der Waals surface area (Å²) in [5, 5.41) is 15.7. The largest absolute Gasteiger partial charge is 0.450 e. The molecule has 0 radical (unpaired) electrons. The van der Waals surface area contributed by atoms with Crippen molar-refractivity contribution in [1.29, 1.82) is 0 Å². The van der Waals surface area contributed by atoms with Gasteiger partial charge in [-0.05, 0) is 6.92 Å². The van der Waals surface area contributed by atoms with Crippen LogP contribution in [0.15, 0.2) is 6.07 Å². The summed E-state index contributed by atoms with van der Waals surface area (Å²) in [6.07, 6.45) is -0.708. The molecule has 1 rings (SSSR count). The van der Waals surface area contributed by atoms with E-state index in [1.807, 2.05) is 0 Å². The average molecular weight is 255 g/mol. The Morgan fingerprint density at radius 3 is 2.83 bits per heavy atom. The van der Waals surface area contributed by atoms with Crippen molar-refractivity contribution in [2.24, 2.45) is 0 Å². The van der Waals surface area contributed by atoms with Gasteiger partial charge in [0.1, 0.15) is 11.5 Å². The lowest BCUT2D eigenvalue weighted by Crippen LogP contribution is -2.15. The number of nitrogen functional groups attached to an aromatic ring is 1. The summed E-state index contributed by atoms with van der Waals surface area (Å²) >= 11 is 0. The van der Waals surface area contributed by atoms with Crippen molar-refractivity contribution in [2.75, 3.05) is 30.0 Å². The van der Waals surface area contributed by atoms with Crippen LogP contribution >= 0.6 is 0 Å². The summed E-state index contributed by atoms with van der Waals surface area (Å²) < 4.78 is 4.65. The van der Waals surface area contributed by atoms with E-state index in [1.165, 1.54) is 13.1 Å². The minimum atomic E-state index is -0.708. The van der Waals surface area contributed by atoms with Crippen LogP contribution in [0.1, 0.15) is 6.92 Å². The molecule has 1 aromatic heterocycles. The normalized spacial score (nSPS) is 9.67. The molecule has 1 heterocycles. The minimum absolute atomic E-state index is 0.0703. The van der Waals surface area contributed by atoms with E-state index in [0.29, 0.717) is 0 Å². The molecular weight excluding hydrogens is 242 g/mol.